The predicted molar refractivity (Wildman–Crippen MR) is 41.7 cm³/mol. The van der Waals surface area contributed by atoms with E-state index < -0.39 is 0 Å². The SMILES string of the molecule is COC(=O)C[C@H]1C=CSC1. The van der Waals surface area contributed by atoms with Gasteiger partial charge in [0.1, 0.15) is 0 Å². The molecule has 1 heterocycles. The summed E-state index contributed by atoms with van der Waals surface area (Å²) in [4.78, 5) is 10.7. The van der Waals surface area contributed by atoms with Crippen molar-refractivity contribution in [2.75, 3.05) is 12.9 Å². The standard InChI is InChI=1S/C7H10O2S/c1-9-7(8)4-6-2-3-10-5-6/h2-3,6H,4-5H2,1H3/t6-/m1/s1. The molecule has 0 saturated carbocycles. The Bertz CT molecular complexity index is 154. The van der Waals surface area contributed by atoms with Crippen LogP contribution in [0.3, 0.4) is 0 Å². The second-order valence-electron chi connectivity index (χ2n) is 2.20. The molecule has 0 N–H and O–H groups in total. The summed E-state index contributed by atoms with van der Waals surface area (Å²) in [5, 5.41) is 2.04. The number of hydrogen-bond acceptors (Lipinski definition) is 3. The molecule has 56 valence electrons. The van der Waals surface area contributed by atoms with Crippen LogP contribution in [0.5, 0.6) is 0 Å². The molecule has 0 spiro atoms. The van der Waals surface area contributed by atoms with E-state index in [9.17, 15) is 4.79 Å². The first kappa shape index (κ1) is 7.66. The van der Waals surface area contributed by atoms with E-state index in [1.807, 2.05) is 5.41 Å². The Morgan fingerprint density at radius 2 is 2.70 bits per heavy atom. The number of ether oxygens (including phenoxy) is 1. The molecule has 0 amide bonds. The van der Waals surface area contributed by atoms with E-state index in [0.29, 0.717) is 12.3 Å². The minimum Gasteiger partial charge on any atom is -0.469 e. The molecule has 10 heavy (non-hydrogen) atoms. The van der Waals surface area contributed by atoms with Crippen molar-refractivity contribution in [3.8, 4) is 0 Å². The van der Waals surface area contributed by atoms with Crippen LogP contribution in [0.15, 0.2) is 11.5 Å². The van der Waals surface area contributed by atoms with Crippen LogP contribution in [0.25, 0.3) is 0 Å². The Balaban J connectivity index is 2.24. The molecule has 1 rings (SSSR count). The summed E-state index contributed by atoms with van der Waals surface area (Å²) in [5.74, 6) is 1.31. The molecular weight excluding hydrogens is 148 g/mol. The fraction of sp³-hybridized carbons (Fsp3) is 0.571. The highest BCUT2D eigenvalue weighted by Crippen LogP contribution is 2.22. The molecular formula is C7H10O2S. The van der Waals surface area contributed by atoms with Gasteiger partial charge in [-0.25, -0.2) is 0 Å². The van der Waals surface area contributed by atoms with Crippen molar-refractivity contribution in [3.63, 3.8) is 0 Å². The van der Waals surface area contributed by atoms with E-state index in [2.05, 4.69) is 10.8 Å². The van der Waals surface area contributed by atoms with Crippen molar-refractivity contribution in [2.45, 2.75) is 6.42 Å². The third-order valence-electron chi connectivity index (χ3n) is 1.41. The van der Waals surface area contributed by atoms with Crippen LogP contribution in [0.4, 0.5) is 0 Å². The van der Waals surface area contributed by atoms with E-state index in [4.69, 9.17) is 0 Å². The van der Waals surface area contributed by atoms with Crippen molar-refractivity contribution in [1.29, 1.82) is 0 Å². The lowest BCUT2D eigenvalue weighted by atomic mass is 10.1. The van der Waals surface area contributed by atoms with Gasteiger partial charge in [-0.2, -0.15) is 0 Å². The third-order valence-corrected chi connectivity index (χ3v) is 2.38. The topological polar surface area (TPSA) is 26.3 Å². The Labute approximate surface area is 64.6 Å². The molecule has 3 heteroatoms. The summed E-state index contributed by atoms with van der Waals surface area (Å²) >= 11 is 1.75. The number of methoxy groups -OCH3 is 1. The van der Waals surface area contributed by atoms with E-state index in [1.165, 1.54) is 7.11 Å². The summed E-state index contributed by atoms with van der Waals surface area (Å²) in [6, 6.07) is 0. The highest BCUT2D eigenvalue weighted by atomic mass is 32.2. The van der Waals surface area contributed by atoms with Crippen LogP contribution in [0.2, 0.25) is 0 Å². The number of rotatable bonds is 2. The van der Waals surface area contributed by atoms with Gasteiger partial charge in [-0.3, -0.25) is 4.79 Å². The van der Waals surface area contributed by atoms with E-state index in [0.717, 1.165) is 5.75 Å². The third kappa shape index (κ3) is 2.06. The summed E-state index contributed by atoms with van der Waals surface area (Å²) in [7, 11) is 1.42. The van der Waals surface area contributed by atoms with Crippen molar-refractivity contribution < 1.29 is 9.53 Å². The predicted octanol–water partition coefficient (Wildman–Crippen LogP) is 1.43. The monoisotopic (exact) mass is 158 g/mol. The first-order valence-electron chi connectivity index (χ1n) is 3.18. The van der Waals surface area contributed by atoms with Gasteiger partial charge in [0, 0.05) is 5.75 Å². The van der Waals surface area contributed by atoms with Gasteiger partial charge in [0.25, 0.3) is 0 Å². The molecule has 1 atom stereocenters. The molecule has 0 saturated heterocycles. The van der Waals surface area contributed by atoms with Crippen molar-refractivity contribution in [3.05, 3.63) is 11.5 Å². The van der Waals surface area contributed by atoms with Gasteiger partial charge >= 0.3 is 5.97 Å². The maximum atomic E-state index is 10.7. The quantitative estimate of drug-likeness (QED) is 0.569. The largest absolute Gasteiger partial charge is 0.469 e. The number of carbonyl (C=O) groups excluding carboxylic acids is 1. The molecule has 0 bridgehead atoms. The van der Waals surface area contributed by atoms with Gasteiger partial charge in [0.05, 0.1) is 13.5 Å². The zero-order valence-corrected chi connectivity index (χ0v) is 6.69. The maximum Gasteiger partial charge on any atom is 0.306 e. The molecule has 0 unspecified atom stereocenters. The van der Waals surface area contributed by atoms with Crippen molar-refractivity contribution >= 4 is 17.7 Å². The van der Waals surface area contributed by atoms with Gasteiger partial charge in [0.2, 0.25) is 0 Å². The van der Waals surface area contributed by atoms with Crippen molar-refractivity contribution in [1.82, 2.24) is 0 Å². The number of thioether (sulfide) groups is 1. The van der Waals surface area contributed by atoms with Crippen LogP contribution >= 0.6 is 11.8 Å². The highest BCUT2D eigenvalue weighted by Gasteiger charge is 2.13. The minimum absolute atomic E-state index is 0.114. The van der Waals surface area contributed by atoms with Crippen LogP contribution in [0.1, 0.15) is 6.42 Å². The molecule has 0 aromatic rings. The van der Waals surface area contributed by atoms with Crippen LogP contribution in [0, 0.1) is 5.92 Å². The molecule has 0 radical (unpaired) electrons. The summed E-state index contributed by atoms with van der Waals surface area (Å²) < 4.78 is 4.53. The molecule has 0 aliphatic carbocycles. The first-order chi connectivity index (χ1) is 4.83. The number of hydrogen-bond donors (Lipinski definition) is 0. The molecule has 0 fully saturated rings. The second-order valence-corrected chi connectivity index (χ2v) is 3.14. The van der Waals surface area contributed by atoms with Gasteiger partial charge in [-0.1, -0.05) is 6.08 Å². The lowest BCUT2D eigenvalue weighted by molar-refractivity contribution is -0.141. The lowest BCUT2D eigenvalue weighted by Gasteiger charge is -2.02. The van der Waals surface area contributed by atoms with Crippen LogP contribution in [-0.2, 0) is 9.53 Å². The summed E-state index contributed by atoms with van der Waals surface area (Å²) in [5.41, 5.74) is 0. The smallest absolute Gasteiger partial charge is 0.306 e. The van der Waals surface area contributed by atoms with Gasteiger partial charge < -0.3 is 4.74 Å². The van der Waals surface area contributed by atoms with Crippen LogP contribution in [-0.4, -0.2) is 18.8 Å². The number of esters is 1. The number of carbonyl (C=O) groups is 1. The fourth-order valence-corrected chi connectivity index (χ4v) is 1.75. The average molecular weight is 158 g/mol. The highest BCUT2D eigenvalue weighted by molar-refractivity contribution is 8.02. The zero-order valence-electron chi connectivity index (χ0n) is 5.87. The van der Waals surface area contributed by atoms with E-state index in [-0.39, 0.29) is 5.97 Å². The molecule has 1 aliphatic rings. The summed E-state index contributed by atoms with van der Waals surface area (Å²) in [6.45, 7) is 0. The second kappa shape index (κ2) is 3.66. The van der Waals surface area contributed by atoms with Gasteiger partial charge in [-0.15, -0.1) is 11.8 Å². The van der Waals surface area contributed by atoms with E-state index >= 15 is 0 Å². The normalized spacial score (nSPS) is 23.1. The molecule has 1 aliphatic heterocycles. The van der Waals surface area contributed by atoms with Crippen LogP contribution < -0.4 is 0 Å². The maximum absolute atomic E-state index is 10.7. The van der Waals surface area contributed by atoms with Gasteiger partial charge in [0.15, 0.2) is 0 Å². The van der Waals surface area contributed by atoms with E-state index in [1.54, 1.807) is 11.8 Å². The Morgan fingerprint density at radius 1 is 1.90 bits per heavy atom. The first-order valence-corrected chi connectivity index (χ1v) is 4.23. The minimum atomic E-state index is -0.114. The zero-order chi connectivity index (χ0) is 7.40. The average Bonchev–Trinajstić information content (AvgIpc) is 2.40. The molecule has 0 aromatic carbocycles. The Kier molecular flexibility index (Phi) is 2.81. The van der Waals surface area contributed by atoms with Gasteiger partial charge in [-0.05, 0) is 11.3 Å². The summed E-state index contributed by atoms with van der Waals surface area (Å²) in [6.07, 6.45) is 2.58. The molecule has 0 aromatic heterocycles. The lowest BCUT2D eigenvalue weighted by Crippen LogP contribution is -2.07. The molecule has 2 nitrogen and oxygen atoms in total. The number of allylic oxidation sites excluding steroid dienone is 1. The fourth-order valence-electron chi connectivity index (χ4n) is 0.826. The Morgan fingerprint density at radius 3 is 3.20 bits per heavy atom. The van der Waals surface area contributed by atoms with Crippen molar-refractivity contribution in [2.24, 2.45) is 5.92 Å². The Hall–Kier alpha value is -0.440.